The van der Waals surface area contributed by atoms with Gasteiger partial charge in [-0.1, -0.05) is 37.3 Å². The Morgan fingerprint density at radius 2 is 1.76 bits per heavy atom. The van der Waals surface area contributed by atoms with E-state index in [0.717, 1.165) is 48.7 Å². The van der Waals surface area contributed by atoms with Gasteiger partial charge in [-0.2, -0.15) is 0 Å². The van der Waals surface area contributed by atoms with Crippen molar-refractivity contribution >= 4 is 11.4 Å². The van der Waals surface area contributed by atoms with Crippen LogP contribution in [0.1, 0.15) is 23.6 Å². The van der Waals surface area contributed by atoms with Gasteiger partial charge in [0.2, 0.25) is 0 Å². The first-order valence-electron chi connectivity index (χ1n) is 11.6. The quantitative estimate of drug-likeness (QED) is 0.475. The maximum Gasteiger partial charge on any atom is 0.321 e. The van der Waals surface area contributed by atoms with Gasteiger partial charge < -0.3 is 15.1 Å². The third-order valence-corrected chi connectivity index (χ3v) is 5.74. The van der Waals surface area contributed by atoms with Crippen molar-refractivity contribution < 1.29 is 4.74 Å². The third-order valence-electron chi connectivity index (χ3n) is 5.74. The molecule has 0 atom stereocenters. The van der Waals surface area contributed by atoms with E-state index < -0.39 is 0 Å². The first kappa shape index (κ1) is 23.7. The van der Waals surface area contributed by atoms with Crippen LogP contribution in [0.15, 0.2) is 67.1 Å². The van der Waals surface area contributed by atoms with Gasteiger partial charge in [0.15, 0.2) is 0 Å². The number of hydrazine groups is 2. The lowest BCUT2D eigenvalue weighted by atomic mass is 10.1. The van der Waals surface area contributed by atoms with Crippen LogP contribution < -0.4 is 20.7 Å². The van der Waals surface area contributed by atoms with E-state index in [0.29, 0.717) is 11.8 Å². The summed E-state index contributed by atoms with van der Waals surface area (Å²) in [7, 11) is 4.23. The molecule has 0 radical (unpaired) electrons. The van der Waals surface area contributed by atoms with E-state index in [9.17, 15) is 0 Å². The molecule has 3 aromatic rings. The van der Waals surface area contributed by atoms with Crippen LogP contribution in [0.5, 0.6) is 11.8 Å². The normalized spacial score (nSPS) is 13.4. The average molecular weight is 460 g/mol. The number of rotatable bonds is 10. The highest BCUT2D eigenvalue weighted by Gasteiger charge is 2.16. The Bertz CT molecular complexity index is 1100. The Morgan fingerprint density at radius 3 is 2.47 bits per heavy atom. The predicted molar refractivity (Wildman–Crippen MR) is 136 cm³/mol. The van der Waals surface area contributed by atoms with E-state index in [2.05, 4.69) is 76.0 Å². The monoisotopic (exact) mass is 459 g/mol. The molecule has 2 aromatic carbocycles. The Morgan fingerprint density at radius 1 is 1.00 bits per heavy atom. The van der Waals surface area contributed by atoms with Gasteiger partial charge in [0.25, 0.3) is 0 Å². The highest BCUT2D eigenvalue weighted by molar-refractivity contribution is 5.70. The minimum absolute atomic E-state index is 0.329. The van der Waals surface area contributed by atoms with Gasteiger partial charge in [-0.25, -0.2) is 9.97 Å². The fourth-order valence-corrected chi connectivity index (χ4v) is 3.62. The zero-order valence-corrected chi connectivity index (χ0v) is 20.3. The van der Waals surface area contributed by atoms with Gasteiger partial charge in [0.1, 0.15) is 5.75 Å². The summed E-state index contributed by atoms with van der Waals surface area (Å²) in [5.41, 5.74) is 11.9. The molecule has 1 aliphatic heterocycles. The molecule has 178 valence electrons. The fraction of sp³-hybridized carbons (Fsp3) is 0.308. The van der Waals surface area contributed by atoms with Crippen molar-refractivity contribution in [3.63, 3.8) is 0 Å². The number of aryl methyl sites for hydroxylation is 1. The predicted octanol–water partition coefficient (Wildman–Crippen LogP) is 3.79. The van der Waals surface area contributed by atoms with Gasteiger partial charge in [0.05, 0.1) is 11.4 Å². The molecule has 0 saturated heterocycles. The first-order valence-corrected chi connectivity index (χ1v) is 11.6. The molecule has 0 spiro atoms. The van der Waals surface area contributed by atoms with Crippen LogP contribution >= 0.6 is 0 Å². The number of hydrogen-bond donors (Lipinski definition) is 2. The van der Waals surface area contributed by atoms with E-state index in [1.165, 1.54) is 5.56 Å². The summed E-state index contributed by atoms with van der Waals surface area (Å²) >= 11 is 0. The molecule has 0 saturated carbocycles. The second-order valence-electron chi connectivity index (χ2n) is 8.60. The molecule has 0 bridgehead atoms. The molecule has 34 heavy (non-hydrogen) atoms. The minimum atomic E-state index is 0.329. The summed E-state index contributed by atoms with van der Waals surface area (Å²) in [5, 5.41) is 1.93. The van der Waals surface area contributed by atoms with Crippen LogP contribution in [0.25, 0.3) is 5.70 Å². The smallest absolute Gasteiger partial charge is 0.321 e. The summed E-state index contributed by atoms with van der Waals surface area (Å²) in [4.78, 5) is 13.0. The number of ether oxygens (including phenoxy) is 1. The summed E-state index contributed by atoms with van der Waals surface area (Å²) in [6, 6.07) is 16.9. The number of benzene rings is 2. The molecule has 1 aliphatic rings. The van der Waals surface area contributed by atoms with Gasteiger partial charge in [0, 0.05) is 49.9 Å². The number of anilines is 1. The Balaban J connectivity index is 1.43. The summed E-state index contributed by atoms with van der Waals surface area (Å²) in [6.07, 6.45) is 5.37. The lowest BCUT2D eigenvalue weighted by Crippen LogP contribution is -2.36. The summed E-state index contributed by atoms with van der Waals surface area (Å²) in [5.74, 6) is 0.714. The van der Waals surface area contributed by atoms with E-state index in [1.807, 2.05) is 36.3 Å². The number of likely N-dealkylation sites (N-methyl/N-ethyl adjacent to an activating group) is 2. The van der Waals surface area contributed by atoms with Crippen LogP contribution in [-0.4, -0.2) is 53.5 Å². The molecule has 2 N–H and O–H groups in total. The molecule has 0 amide bonds. The van der Waals surface area contributed by atoms with Crippen molar-refractivity contribution in [2.75, 3.05) is 38.7 Å². The maximum atomic E-state index is 5.88. The summed E-state index contributed by atoms with van der Waals surface area (Å²) in [6.45, 7) is 8.34. The first-order chi connectivity index (χ1) is 16.5. The Kier molecular flexibility index (Phi) is 7.74. The molecule has 8 heteroatoms. The third kappa shape index (κ3) is 6.11. The lowest BCUT2D eigenvalue weighted by molar-refractivity contribution is 0.244. The molecule has 2 heterocycles. The largest absolute Gasteiger partial charge is 0.424 e. The topological polar surface area (TPSA) is 68.8 Å². The molecule has 0 fully saturated rings. The van der Waals surface area contributed by atoms with Gasteiger partial charge >= 0.3 is 6.01 Å². The zero-order chi connectivity index (χ0) is 23.9. The van der Waals surface area contributed by atoms with Crippen molar-refractivity contribution in [3.05, 3.63) is 83.8 Å². The highest BCUT2D eigenvalue weighted by atomic mass is 16.5. The molecule has 0 unspecified atom stereocenters. The van der Waals surface area contributed by atoms with Crippen molar-refractivity contribution in [3.8, 4) is 11.8 Å². The van der Waals surface area contributed by atoms with Gasteiger partial charge in [-0.15, -0.1) is 5.53 Å². The number of hydrogen-bond acceptors (Lipinski definition) is 8. The molecule has 4 rings (SSSR count). The molecule has 0 aliphatic carbocycles. The fourth-order valence-electron chi connectivity index (χ4n) is 3.62. The van der Waals surface area contributed by atoms with Crippen LogP contribution in [0.2, 0.25) is 0 Å². The van der Waals surface area contributed by atoms with Crippen LogP contribution in [-0.2, 0) is 6.54 Å². The molecular formula is C26H33N7O. The number of nitrogens with zero attached hydrogens (tertiary/aromatic N) is 5. The van der Waals surface area contributed by atoms with E-state index in [-0.39, 0.29) is 0 Å². The van der Waals surface area contributed by atoms with Gasteiger partial charge in [-0.05, 0) is 50.8 Å². The second-order valence-corrected chi connectivity index (χ2v) is 8.60. The molecule has 8 nitrogen and oxygen atoms in total. The lowest BCUT2D eigenvalue weighted by Gasteiger charge is -2.22. The molecular weight excluding hydrogens is 426 g/mol. The Labute approximate surface area is 201 Å². The van der Waals surface area contributed by atoms with E-state index in [1.54, 1.807) is 18.5 Å². The van der Waals surface area contributed by atoms with Crippen LogP contribution in [0.4, 0.5) is 5.69 Å². The number of aromatic nitrogens is 2. The Hall–Kier alpha value is -3.46. The van der Waals surface area contributed by atoms with E-state index >= 15 is 0 Å². The van der Waals surface area contributed by atoms with Crippen molar-refractivity contribution in [1.82, 2.24) is 30.7 Å². The van der Waals surface area contributed by atoms with Gasteiger partial charge in [-0.3, -0.25) is 9.91 Å². The zero-order valence-electron chi connectivity index (χ0n) is 20.3. The second kappa shape index (κ2) is 11.1. The number of nitrogens with one attached hydrogen (secondary N) is 2. The maximum absolute atomic E-state index is 5.88. The van der Waals surface area contributed by atoms with Crippen LogP contribution in [0, 0.1) is 6.92 Å². The summed E-state index contributed by atoms with van der Waals surface area (Å²) < 4.78 is 5.88. The molecule has 1 aromatic heterocycles. The van der Waals surface area contributed by atoms with Crippen molar-refractivity contribution in [1.29, 1.82) is 0 Å². The van der Waals surface area contributed by atoms with Crippen LogP contribution in [0.3, 0.4) is 0 Å². The SMILES string of the molecule is CCN(CCN(C)C)Cc1ccc(C2=CN(c3ccc(C)c(Oc4ncccn4)c3)NN2)cc1. The standard InChI is InChI=1S/C26H33N7O/c1-5-32(16-15-31(3)4)18-21-8-10-22(11-9-21)24-19-33(30-29-24)23-12-7-20(2)25(17-23)34-26-27-13-6-14-28-26/h6-14,17,19,29-30H,5,15-16,18H2,1-4H3. The van der Waals surface area contributed by atoms with E-state index in [4.69, 9.17) is 4.74 Å². The van der Waals surface area contributed by atoms with Crippen molar-refractivity contribution in [2.45, 2.75) is 20.4 Å². The average Bonchev–Trinajstić information content (AvgIpc) is 3.34. The minimum Gasteiger partial charge on any atom is -0.424 e. The van der Waals surface area contributed by atoms with Crippen molar-refractivity contribution in [2.24, 2.45) is 0 Å². The highest BCUT2D eigenvalue weighted by Crippen LogP contribution is 2.29.